The molecule has 0 spiro atoms. The Morgan fingerprint density at radius 1 is 0.949 bits per heavy atom. The average molecular weight is 518 g/mol. The van der Waals surface area contributed by atoms with E-state index < -0.39 is 5.97 Å². The Morgan fingerprint density at radius 3 is 2.38 bits per heavy atom. The van der Waals surface area contributed by atoms with E-state index in [1.807, 2.05) is 80.6 Å². The molecule has 2 aromatic heterocycles. The van der Waals surface area contributed by atoms with Crippen molar-refractivity contribution in [1.82, 2.24) is 14.9 Å². The van der Waals surface area contributed by atoms with E-state index in [0.717, 1.165) is 44.5 Å². The number of carboxylic acid groups (broad SMARTS) is 1. The van der Waals surface area contributed by atoms with Gasteiger partial charge in [-0.15, -0.1) is 0 Å². The Bertz CT molecular complexity index is 1680. The molecule has 6 nitrogen and oxygen atoms in total. The fourth-order valence-electron chi connectivity index (χ4n) is 4.99. The van der Waals surface area contributed by atoms with Crippen LogP contribution in [-0.4, -0.2) is 26.5 Å². The molecule has 0 aliphatic heterocycles. The zero-order valence-electron chi connectivity index (χ0n) is 22.5. The lowest BCUT2D eigenvalue weighted by Crippen LogP contribution is -2.26. The van der Waals surface area contributed by atoms with Gasteiger partial charge in [0.25, 0.3) is 5.91 Å². The number of nitrogens with zero attached hydrogens (tertiary/aromatic N) is 2. The second-order valence-corrected chi connectivity index (χ2v) is 10.0. The number of hydrogen-bond donors (Lipinski definition) is 2. The molecule has 1 atom stereocenters. The maximum Gasteiger partial charge on any atom is 0.336 e. The van der Waals surface area contributed by atoms with E-state index in [1.165, 1.54) is 0 Å². The van der Waals surface area contributed by atoms with Gasteiger partial charge in [-0.25, -0.2) is 4.79 Å². The van der Waals surface area contributed by atoms with Crippen molar-refractivity contribution in [3.8, 4) is 11.1 Å². The summed E-state index contributed by atoms with van der Waals surface area (Å²) in [7, 11) is 0. The molecule has 0 unspecified atom stereocenters. The smallest absolute Gasteiger partial charge is 0.336 e. The van der Waals surface area contributed by atoms with Crippen molar-refractivity contribution in [2.45, 2.75) is 40.3 Å². The molecule has 0 radical (unpaired) electrons. The number of benzene rings is 3. The van der Waals surface area contributed by atoms with Crippen molar-refractivity contribution in [3.05, 3.63) is 124 Å². The van der Waals surface area contributed by atoms with Crippen LogP contribution in [0.2, 0.25) is 0 Å². The van der Waals surface area contributed by atoms with Crippen LogP contribution in [0, 0.1) is 20.8 Å². The number of carboxylic acids is 1. The van der Waals surface area contributed by atoms with Gasteiger partial charge in [-0.3, -0.25) is 9.78 Å². The molecule has 2 heterocycles. The van der Waals surface area contributed by atoms with Crippen LogP contribution in [-0.2, 0) is 6.54 Å². The molecule has 3 aromatic carbocycles. The number of fused-ring (bicyclic) bond motifs is 1. The molecule has 0 fully saturated rings. The van der Waals surface area contributed by atoms with Crippen molar-refractivity contribution >= 4 is 22.8 Å². The SMILES string of the molecule is Cc1ccc([C@H](C)NC(=O)c2ccc3c(c2)c(C)c(C)n3Cc2ccc(-c3ccccc3C(=O)O)cc2)cn1. The second-order valence-electron chi connectivity index (χ2n) is 10.0. The Balaban J connectivity index is 1.38. The van der Waals surface area contributed by atoms with Gasteiger partial charge in [0.05, 0.1) is 11.6 Å². The topological polar surface area (TPSA) is 84.2 Å². The van der Waals surface area contributed by atoms with Crippen LogP contribution < -0.4 is 5.32 Å². The normalized spacial score (nSPS) is 11.9. The maximum atomic E-state index is 13.1. The van der Waals surface area contributed by atoms with Crippen LogP contribution in [0.3, 0.4) is 0 Å². The van der Waals surface area contributed by atoms with Gasteiger partial charge in [-0.1, -0.05) is 48.5 Å². The molecule has 0 bridgehead atoms. The third kappa shape index (κ3) is 5.18. The van der Waals surface area contributed by atoms with Crippen LogP contribution >= 0.6 is 0 Å². The van der Waals surface area contributed by atoms with Gasteiger partial charge in [0, 0.05) is 40.6 Å². The van der Waals surface area contributed by atoms with Gasteiger partial charge in [-0.05, 0) is 85.8 Å². The Kier molecular flexibility index (Phi) is 7.03. The van der Waals surface area contributed by atoms with E-state index in [9.17, 15) is 14.7 Å². The minimum atomic E-state index is -0.936. The molecule has 1 amide bonds. The zero-order valence-corrected chi connectivity index (χ0v) is 22.5. The number of aryl methyl sites for hydroxylation is 2. The van der Waals surface area contributed by atoms with Crippen molar-refractivity contribution < 1.29 is 14.7 Å². The van der Waals surface area contributed by atoms with Crippen molar-refractivity contribution in [1.29, 1.82) is 0 Å². The maximum absolute atomic E-state index is 13.1. The lowest BCUT2D eigenvalue weighted by molar-refractivity contribution is 0.0697. The van der Waals surface area contributed by atoms with E-state index in [-0.39, 0.29) is 17.5 Å². The number of aromatic nitrogens is 2. The van der Waals surface area contributed by atoms with Crippen molar-refractivity contribution in [3.63, 3.8) is 0 Å². The summed E-state index contributed by atoms with van der Waals surface area (Å²) in [6, 6.07) is 24.7. The average Bonchev–Trinajstić information content (AvgIpc) is 3.18. The van der Waals surface area contributed by atoms with Crippen LogP contribution in [0.25, 0.3) is 22.0 Å². The van der Waals surface area contributed by atoms with Crippen LogP contribution in [0.15, 0.2) is 85.1 Å². The van der Waals surface area contributed by atoms with Gasteiger partial charge in [0.2, 0.25) is 0 Å². The first-order valence-corrected chi connectivity index (χ1v) is 13.0. The Morgan fingerprint density at radius 2 is 1.69 bits per heavy atom. The van der Waals surface area contributed by atoms with Gasteiger partial charge in [0.15, 0.2) is 0 Å². The molecule has 0 saturated heterocycles. The van der Waals surface area contributed by atoms with Crippen molar-refractivity contribution in [2.24, 2.45) is 0 Å². The number of aromatic carboxylic acids is 1. The molecular formula is C33H31N3O3. The van der Waals surface area contributed by atoms with E-state index in [4.69, 9.17) is 0 Å². The fourth-order valence-corrected chi connectivity index (χ4v) is 4.99. The van der Waals surface area contributed by atoms with Crippen LogP contribution in [0.4, 0.5) is 0 Å². The first-order chi connectivity index (χ1) is 18.7. The van der Waals surface area contributed by atoms with E-state index in [2.05, 4.69) is 28.7 Å². The van der Waals surface area contributed by atoms with Crippen molar-refractivity contribution in [2.75, 3.05) is 0 Å². The van der Waals surface area contributed by atoms with Gasteiger partial charge in [-0.2, -0.15) is 0 Å². The number of rotatable bonds is 7. The summed E-state index contributed by atoms with van der Waals surface area (Å²) in [6.07, 6.45) is 1.80. The third-order valence-electron chi connectivity index (χ3n) is 7.45. The highest BCUT2D eigenvalue weighted by Gasteiger charge is 2.17. The number of amides is 1. The lowest BCUT2D eigenvalue weighted by Gasteiger charge is -2.14. The molecule has 2 N–H and O–H groups in total. The Labute approximate surface area is 228 Å². The third-order valence-corrected chi connectivity index (χ3v) is 7.45. The highest BCUT2D eigenvalue weighted by Crippen LogP contribution is 2.29. The predicted octanol–water partition coefficient (Wildman–Crippen LogP) is 6.87. The quantitative estimate of drug-likeness (QED) is 0.247. The number of carbonyl (C=O) groups excluding carboxylic acids is 1. The minimum Gasteiger partial charge on any atom is -0.478 e. The second kappa shape index (κ2) is 10.6. The molecule has 0 aliphatic carbocycles. The summed E-state index contributed by atoms with van der Waals surface area (Å²) in [4.78, 5) is 29.0. The summed E-state index contributed by atoms with van der Waals surface area (Å²) < 4.78 is 2.26. The van der Waals surface area contributed by atoms with E-state index in [0.29, 0.717) is 17.7 Å². The highest BCUT2D eigenvalue weighted by atomic mass is 16.4. The molecule has 5 rings (SSSR count). The minimum absolute atomic E-state index is 0.119. The lowest BCUT2D eigenvalue weighted by atomic mass is 9.99. The summed E-state index contributed by atoms with van der Waals surface area (Å²) in [6.45, 7) is 8.75. The number of nitrogens with one attached hydrogen (secondary N) is 1. The fraction of sp³-hybridized carbons (Fsp3) is 0.182. The summed E-state index contributed by atoms with van der Waals surface area (Å²) in [5.74, 6) is -1.05. The highest BCUT2D eigenvalue weighted by molar-refractivity contribution is 5.99. The van der Waals surface area contributed by atoms with E-state index in [1.54, 1.807) is 18.3 Å². The molecular weight excluding hydrogens is 486 g/mol. The van der Waals surface area contributed by atoms with Crippen LogP contribution in [0.5, 0.6) is 0 Å². The number of carbonyl (C=O) groups is 2. The van der Waals surface area contributed by atoms with Crippen LogP contribution in [0.1, 0.15) is 61.8 Å². The zero-order chi connectivity index (χ0) is 27.7. The summed E-state index contributed by atoms with van der Waals surface area (Å²) >= 11 is 0. The molecule has 6 heteroatoms. The van der Waals surface area contributed by atoms with E-state index >= 15 is 0 Å². The van der Waals surface area contributed by atoms with Gasteiger partial charge >= 0.3 is 5.97 Å². The molecule has 39 heavy (non-hydrogen) atoms. The predicted molar refractivity (Wildman–Crippen MR) is 154 cm³/mol. The molecule has 0 aliphatic rings. The summed E-state index contributed by atoms with van der Waals surface area (Å²) in [5, 5.41) is 13.7. The first kappa shape index (κ1) is 25.9. The summed E-state index contributed by atoms with van der Waals surface area (Å²) in [5.41, 5.74) is 8.84. The van der Waals surface area contributed by atoms with Gasteiger partial charge < -0.3 is 15.0 Å². The monoisotopic (exact) mass is 517 g/mol. The number of hydrogen-bond acceptors (Lipinski definition) is 3. The Hall–Kier alpha value is -4.71. The standard InChI is InChI=1S/C33H31N3O3/c1-20-9-12-27(18-34-20)22(3)35-32(37)26-15-16-31-30(17-26)21(2)23(4)36(31)19-24-10-13-25(14-11-24)28-7-5-6-8-29(28)33(38)39/h5-18,22H,19H2,1-4H3,(H,35,37)(H,38,39)/t22-/m0/s1. The van der Waals surface area contributed by atoms with Gasteiger partial charge in [0.1, 0.15) is 0 Å². The first-order valence-electron chi connectivity index (χ1n) is 13.0. The molecule has 5 aromatic rings. The number of pyridine rings is 1. The molecule has 196 valence electrons. The molecule has 0 saturated carbocycles. The largest absolute Gasteiger partial charge is 0.478 e.